The lowest BCUT2D eigenvalue weighted by atomic mass is 10.1. The normalized spacial score (nSPS) is 11.8. The van der Waals surface area contributed by atoms with Crippen molar-refractivity contribution in [3.05, 3.63) is 52.2 Å². The number of nitrogens with one attached hydrogen (secondary N) is 1. The number of hydrogen-bond donors (Lipinski definition) is 1. The molecule has 1 heterocycles. The Balaban J connectivity index is 2.02. The van der Waals surface area contributed by atoms with Crippen LogP contribution in [-0.2, 0) is 0 Å². The first-order valence-electron chi connectivity index (χ1n) is 6.67. The van der Waals surface area contributed by atoms with Crippen molar-refractivity contribution in [1.82, 2.24) is 4.90 Å². The fraction of sp³-hybridized carbons (Fsp3) is 0.250. The molecule has 0 aliphatic rings. The summed E-state index contributed by atoms with van der Waals surface area (Å²) >= 11 is 1.63. The maximum atomic E-state index is 12.2. The fourth-order valence-electron chi connectivity index (χ4n) is 1.90. The van der Waals surface area contributed by atoms with Crippen molar-refractivity contribution in [1.29, 1.82) is 0 Å². The topological polar surface area (TPSA) is 49.4 Å². The van der Waals surface area contributed by atoms with Gasteiger partial charge in [0.2, 0.25) is 0 Å². The van der Waals surface area contributed by atoms with Crippen LogP contribution in [0, 0.1) is 0 Å². The number of anilines is 1. The Morgan fingerprint density at radius 2 is 1.86 bits per heavy atom. The van der Waals surface area contributed by atoms with Gasteiger partial charge in [-0.25, -0.2) is 4.79 Å². The van der Waals surface area contributed by atoms with Crippen molar-refractivity contribution in [3.63, 3.8) is 0 Å². The van der Waals surface area contributed by atoms with Crippen molar-refractivity contribution < 1.29 is 9.59 Å². The van der Waals surface area contributed by atoms with Crippen LogP contribution in [0.2, 0.25) is 0 Å². The molecule has 2 amide bonds. The summed E-state index contributed by atoms with van der Waals surface area (Å²) in [6.07, 6.45) is 0. The van der Waals surface area contributed by atoms with Gasteiger partial charge in [-0.15, -0.1) is 11.3 Å². The zero-order chi connectivity index (χ0) is 15.4. The Morgan fingerprint density at radius 3 is 2.38 bits per heavy atom. The highest BCUT2D eigenvalue weighted by Crippen LogP contribution is 2.24. The average molecular weight is 302 g/mol. The van der Waals surface area contributed by atoms with Crippen molar-refractivity contribution in [2.24, 2.45) is 0 Å². The van der Waals surface area contributed by atoms with E-state index in [1.807, 2.05) is 24.4 Å². The zero-order valence-electron chi connectivity index (χ0n) is 12.3. The zero-order valence-corrected chi connectivity index (χ0v) is 13.1. The summed E-state index contributed by atoms with van der Waals surface area (Å²) in [6, 6.07) is 10.7. The Labute approximate surface area is 128 Å². The molecule has 0 fully saturated rings. The van der Waals surface area contributed by atoms with Crippen LogP contribution < -0.4 is 5.32 Å². The molecule has 0 saturated carbocycles. The van der Waals surface area contributed by atoms with E-state index in [1.165, 1.54) is 6.92 Å². The molecule has 2 aromatic rings. The van der Waals surface area contributed by atoms with Crippen molar-refractivity contribution in [2.45, 2.75) is 19.9 Å². The Kier molecular flexibility index (Phi) is 4.75. The van der Waals surface area contributed by atoms with Crippen molar-refractivity contribution >= 4 is 28.8 Å². The third kappa shape index (κ3) is 3.70. The largest absolute Gasteiger partial charge is 0.322 e. The van der Waals surface area contributed by atoms with Gasteiger partial charge in [0.15, 0.2) is 5.78 Å². The van der Waals surface area contributed by atoms with E-state index in [0.717, 1.165) is 4.88 Å². The van der Waals surface area contributed by atoms with Gasteiger partial charge in [0.1, 0.15) is 0 Å². The lowest BCUT2D eigenvalue weighted by Gasteiger charge is -2.24. The Morgan fingerprint density at radius 1 is 1.19 bits per heavy atom. The van der Waals surface area contributed by atoms with Crippen LogP contribution in [-0.4, -0.2) is 23.8 Å². The number of rotatable bonds is 4. The number of thiophene rings is 1. The van der Waals surface area contributed by atoms with Gasteiger partial charge in [0.25, 0.3) is 0 Å². The van der Waals surface area contributed by atoms with Crippen LogP contribution in [0.25, 0.3) is 0 Å². The van der Waals surface area contributed by atoms with E-state index in [2.05, 4.69) is 5.32 Å². The molecule has 0 aliphatic carbocycles. The Bertz CT molecular complexity index is 620. The number of carbonyl (C=O) groups excluding carboxylic acids is 2. The van der Waals surface area contributed by atoms with Gasteiger partial charge in [-0.05, 0) is 49.6 Å². The van der Waals surface area contributed by atoms with Gasteiger partial charge in [-0.3, -0.25) is 4.79 Å². The first-order chi connectivity index (χ1) is 9.99. The maximum Gasteiger partial charge on any atom is 0.322 e. The van der Waals surface area contributed by atoms with Crippen LogP contribution >= 0.6 is 11.3 Å². The molecule has 5 heteroatoms. The summed E-state index contributed by atoms with van der Waals surface area (Å²) in [5.41, 5.74) is 1.31. The molecule has 0 aliphatic heterocycles. The minimum atomic E-state index is -0.175. The smallest absolute Gasteiger partial charge is 0.320 e. The first kappa shape index (κ1) is 15.3. The van der Waals surface area contributed by atoms with Crippen molar-refractivity contribution in [2.75, 3.05) is 12.4 Å². The second-order valence-corrected chi connectivity index (χ2v) is 5.85. The molecule has 0 spiro atoms. The number of hydrogen-bond acceptors (Lipinski definition) is 3. The van der Waals surface area contributed by atoms with E-state index in [9.17, 15) is 9.59 Å². The molecule has 110 valence electrons. The average Bonchev–Trinajstić information content (AvgIpc) is 3.00. The lowest BCUT2D eigenvalue weighted by molar-refractivity contribution is 0.101. The summed E-state index contributed by atoms with van der Waals surface area (Å²) in [6.45, 7) is 3.51. The molecule has 0 radical (unpaired) electrons. The Hall–Kier alpha value is -2.14. The van der Waals surface area contributed by atoms with E-state index in [4.69, 9.17) is 0 Å². The third-order valence-electron chi connectivity index (χ3n) is 3.40. The number of Topliss-reactive ketones (excluding diaryl/α,β-unsaturated/α-hetero) is 1. The molecule has 21 heavy (non-hydrogen) atoms. The van der Waals surface area contributed by atoms with Crippen LogP contribution in [0.4, 0.5) is 10.5 Å². The summed E-state index contributed by atoms with van der Waals surface area (Å²) < 4.78 is 0. The van der Waals surface area contributed by atoms with Crippen LogP contribution in [0.15, 0.2) is 41.8 Å². The van der Waals surface area contributed by atoms with Crippen LogP contribution in [0.5, 0.6) is 0 Å². The molecular formula is C16H18N2O2S. The fourth-order valence-corrected chi connectivity index (χ4v) is 2.72. The number of amides is 2. The predicted octanol–water partition coefficient (Wildman–Crippen LogP) is 4.18. The van der Waals surface area contributed by atoms with E-state index < -0.39 is 0 Å². The summed E-state index contributed by atoms with van der Waals surface area (Å²) in [5.74, 6) is 0.0105. The van der Waals surface area contributed by atoms with Crippen molar-refractivity contribution in [3.8, 4) is 0 Å². The number of urea groups is 1. The van der Waals surface area contributed by atoms with E-state index in [0.29, 0.717) is 11.3 Å². The summed E-state index contributed by atoms with van der Waals surface area (Å²) in [5, 5.41) is 4.83. The van der Waals surface area contributed by atoms with Crippen LogP contribution in [0.1, 0.15) is 35.1 Å². The highest BCUT2D eigenvalue weighted by Gasteiger charge is 2.18. The quantitative estimate of drug-likeness (QED) is 0.861. The van der Waals surface area contributed by atoms with Crippen LogP contribution in [0.3, 0.4) is 0 Å². The van der Waals surface area contributed by atoms with Gasteiger partial charge in [-0.1, -0.05) is 6.07 Å². The predicted molar refractivity (Wildman–Crippen MR) is 86.0 cm³/mol. The maximum absolute atomic E-state index is 12.2. The number of benzene rings is 1. The second-order valence-electron chi connectivity index (χ2n) is 4.87. The van der Waals surface area contributed by atoms with E-state index in [-0.39, 0.29) is 17.9 Å². The number of ketones is 1. The summed E-state index contributed by atoms with van der Waals surface area (Å²) in [7, 11) is 1.77. The monoisotopic (exact) mass is 302 g/mol. The minimum Gasteiger partial charge on any atom is -0.320 e. The molecule has 1 aromatic carbocycles. The molecule has 1 N–H and O–H groups in total. The highest BCUT2D eigenvalue weighted by molar-refractivity contribution is 7.10. The molecule has 1 atom stereocenters. The highest BCUT2D eigenvalue weighted by atomic mass is 32.1. The molecule has 1 aromatic heterocycles. The standard InChI is InChI=1S/C16H18N2O2S/c1-11(15-5-4-10-21-15)18(3)16(20)17-14-8-6-13(7-9-14)12(2)19/h4-11H,1-3H3,(H,17,20). The minimum absolute atomic E-state index is 0.0105. The molecule has 0 saturated heterocycles. The number of carbonyl (C=O) groups is 2. The second kappa shape index (κ2) is 6.54. The summed E-state index contributed by atoms with van der Waals surface area (Å²) in [4.78, 5) is 26.2. The van der Waals surface area contributed by atoms with Gasteiger partial charge in [-0.2, -0.15) is 0 Å². The lowest BCUT2D eigenvalue weighted by Crippen LogP contribution is -2.33. The van der Waals surface area contributed by atoms with Gasteiger partial charge in [0, 0.05) is 23.2 Å². The molecular weight excluding hydrogens is 284 g/mol. The molecule has 1 unspecified atom stereocenters. The molecule has 2 rings (SSSR count). The van der Waals surface area contributed by atoms with Gasteiger partial charge >= 0.3 is 6.03 Å². The van der Waals surface area contributed by atoms with E-state index in [1.54, 1.807) is 47.5 Å². The van der Waals surface area contributed by atoms with Gasteiger partial charge in [0.05, 0.1) is 6.04 Å². The third-order valence-corrected chi connectivity index (χ3v) is 4.44. The van der Waals surface area contributed by atoms with E-state index >= 15 is 0 Å². The first-order valence-corrected chi connectivity index (χ1v) is 7.55. The van der Waals surface area contributed by atoms with Gasteiger partial charge < -0.3 is 10.2 Å². The number of nitrogens with zero attached hydrogens (tertiary/aromatic N) is 1. The molecule has 0 bridgehead atoms. The SMILES string of the molecule is CC(=O)c1ccc(NC(=O)N(C)C(C)c2cccs2)cc1. The molecule has 4 nitrogen and oxygen atoms in total.